The molecule has 0 atom stereocenters. The van der Waals surface area contributed by atoms with Gasteiger partial charge in [-0.3, -0.25) is 4.79 Å². The Kier molecular flexibility index (Phi) is 4.66. The topological polar surface area (TPSA) is 73.6 Å². The molecule has 0 bridgehead atoms. The maximum absolute atomic E-state index is 11.9. The lowest BCUT2D eigenvalue weighted by Crippen LogP contribution is -2.20. The molecule has 0 aromatic heterocycles. The molecular formula is C16H18N2O3. The number of para-hydroxylation sites is 1. The van der Waals surface area contributed by atoms with Crippen molar-refractivity contribution in [1.82, 2.24) is 0 Å². The van der Waals surface area contributed by atoms with Gasteiger partial charge >= 0.3 is 0 Å². The number of carbonyl (C=O) groups is 1. The number of benzene rings is 2. The predicted octanol–water partition coefficient (Wildman–Crippen LogP) is 2.60. The van der Waals surface area contributed by atoms with Crippen LogP contribution in [0, 0.1) is 6.92 Å². The summed E-state index contributed by atoms with van der Waals surface area (Å²) in [5.74, 6) is 0.861. The molecule has 0 fully saturated rings. The summed E-state index contributed by atoms with van der Waals surface area (Å²) in [5, 5.41) is 2.79. The molecule has 0 aliphatic rings. The van der Waals surface area contributed by atoms with Crippen LogP contribution in [0.25, 0.3) is 0 Å². The van der Waals surface area contributed by atoms with Gasteiger partial charge in [0.15, 0.2) is 6.61 Å². The van der Waals surface area contributed by atoms with Crippen LogP contribution < -0.4 is 20.5 Å². The first kappa shape index (κ1) is 14.7. The molecule has 1 amide bonds. The summed E-state index contributed by atoms with van der Waals surface area (Å²) in [4.78, 5) is 11.9. The van der Waals surface area contributed by atoms with Crippen LogP contribution in [0.2, 0.25) is 0 Å². The molecule has 0 unspecified atom stereocenters. The summed E-state index contributed by atoms with van der Waals surface area (Å²) in [5.41, 5.74) is 8.02. The van der Waals surface area contributed by atoms with Gasteiger partial charge in [0.2, 0.25) is 0 Å². The van der Waals surface area contributed by atoms with Crippen molar-refractivity contribution in [3.8, 4) is 11.5 Å². The lowest BCUT2D eigenvalue weighted by Gasteiger charge is -2.11. The molecule has 2 rings (SSSR count). The number of aryl methyl sites for hydroxylation is 1. The predicted molar refractivity (Wildman–Crippen MR) is 82.7 cm³/mol. The molecule has 0 radical (unpaired) electrons. The number of nitrogen functional groups attached to an aromatic ring is 1. The second-order valence-corrected chi connectivity index (χ2v) is 4.56. The second-order valence-electron chi connectivity index (χ2n) is 4.56. The van der Waals surface area contributed by atoms with Crippen LogP contribution in [0.4, 0.5) is 11.4 Å². The van der Waals surface area contributed by atoms with E-state index in [1.165, 1.54) is 0 Å². The molecule has 5 nitrogen and oxygen atoms in total. The van der Waals surface area contributed by atoms with E-state index in [4.69, 9.17) is 15.2 Å². The van der Waals surface area contributed by atoms with E-state index in [2.05, 4.69) is 5.32 Å². The summed E-state index contributed by atoms with van der Waals surface area (Å²) in [6.07, 6.45) is 0. The summed E-state index contributed by atoms with van der Waals surface area (Å²) in [6, 6.07) is 12.6. The average Bonchev–Trinajstić information content (AvgIpc) is 2.48. The Morgan fingerprint density at radius 2 is 2.00 bits per heavy atom. The van der Waals surface area contributed by atoms with Gasteiger partial charge in [0.1, 0.15) is 11.5 Å². The number of nitrogens with one attached hydrogen (secondary N) is 1. The molecule has 0 saturated carbocycles. The number of hydrogen-bond donors (Lipinski definition) is 2. The van der Waals surface area contributed by atoms with Gasteiger partial charge in [0.25, 0.3) is 5.91 Å². The standard InChI is InChI=1S/C16H18N2O3/c1-11-5-3-4-6-14(11)18-16(19)10-21-15-8-7-12(20-2)9-13(15)17/h3-9H,10,17H2,1-2H3,(H,18,19). The first-order valence-electron chi connectivity index (χ1n) is 6.52. The summed E-state index contributed by atoms with van der Waals surface area (Å²) < 4.78 is 10.5. The Bertz CT molecular complexity index is 641. The molecule has 0 saturated heterocycles. The number of rotatable bonds is 5. The highest BCUT2D eigenvalue weighted by atomic mass is 16.5. The zero-order chi connectivity index (χ0) is 15.2. The maximum Gasteiger partial charge on any atom is 0.262 e. The minimum absolute atomic E-state index is 0.106. The number of hydrogen-bond acceptors (Lipinski definition) is 4. The number of anilines is 2. The van der Waals surface area contributed by atoms with E-state index >= 15 is 0 Å². The molecule has 0 heterocycles. The summed E-state index contributed by atoms with van der Waals surface area (Å²) in [7, 11) is 1.56. The Hall–Kier alpha value is -2.69. The van der Waals surface area contributed by atoms with E-state index in [-0.39, 0.29) is 12.5 Å². The van der Waals surface area contributed by atoms with Crippen LogP contribution >= 0.6 is 0 Å². The quantitative estimate of drug-likeness (QED) is 0.829. The van der Waals surface area contributed by atoms with Crippen LogP contribution in [0.3, 0.4) is 0 Å². The van der Waals surface area contributed by atoms with Gasteiger partial charge in [0.05, 0.1) is 12.8 Å². The van der Waals surface area contributed by atoms with Crippen LogP contribution in [0.5, 0.6) is 11.5 Å². The van der Waals surface area contributed by atoms with Crippen molar-refractivity contribution < 1.29 is 14.3 Å². The van der Waals surface area contributed by atoms with Crippen molar-refractivity contribution in [1.29, 1.82) is 0 Å². The Morgan fingerprint density at radius 1 is 1.24 bits per heavy atom. The van der Waals surface area contributed by atoms with Gasteiger partial charge in [0, 0.05) is 11.8 Å². The number of amides is 1. The first-order valence-corrected chi connectivity index (χ1v) is 6.52. The molecular weight excluding hydrogens is 268 g/mol. The smallest absolute Gasteiger partial charge is 0.262 e. The zero-order valence-electron chi connectivity index (χ0n) is 12.1. The highest BCUT2D eigenvalue weighted by Gasteiger charge is 2.07. The minimum atomic E-state index is -0.237. The molecule has 3 N–H and O–H groups in total. The fourth-order valence-electron chi connectivity index (χ4n) is 1.83. The third kappa shape index (κ3) is 3.89. The molecule has 0 aliphatic heterocycles. The monoisotopic (exact) mass is 286 g/mol. The van der Waals surface area contributed by atoms with E-state index < -0.39 is 0 Å². The highest BCUT2D eigenvalue weighted by molar-refractivity contribution is 5.92. The van der Waals surface area contributed by atoms with E-state index in [9.17, 15) is 4.79 Å². The lowest BCUT2D eigenvalue weighted by molar-refractivity contribution is -0.118. The third-order valence-electron chi connectivity index (χ3n) is 2.99. The van der Waals surface area contributed by atoms with Gasteiger partial charge < -0.3 is 20.5 Å². The van der Waals surface area contributed by atoms with Gasteiger partial charge in [-0.2, -0.15) is 0 Å². The van der Waals surface area contributed by atoms with Gasteiger partial charge in [-0.25, -0.2) is 0 Å². The Balaban J connectivity index is 1.94. The van der Waals surface area contributed by atoms with Crippen molar-refractivity contribution in [3.05, 3.63) is 48.0 Å². The van der Waals surface area contributed by atoms with Crippen LogP contribution in [0.1, 0.15) is 5.56 Å². The zero-order valence-corrected chi connectivity index (χ0v) is 12.1. The third-order valence-corrected chi connectivity index (χ3v) is 2.99. The second kappa shape index (κ2) is 6.65. The van der Waals surface area contributed by atoms with E-state index in [1.54, 1.807) is 25.3 Å². The normalized spacial score (nSPS) is 10.0. The SMILES string of the molecule is COc1ccc(OCC(=O)Nc2ccccc2C)c(N)c1. The summed E-state index contributed by atoms with van der Waals surface area (Å²) >= 11 is 0. The molecule has 21 heavy (non-hydrogen) atoms. The largest absolute Gasteiger partial charge is 0.497 e. The van der Waals surface area contributed by atoms with Crippen LogP contribution in [-0.4, -0.2) is 19.6 Å². The maximum atomic E-state index is 11.9. The van der Waals surface area contributed by atoms with Crippen molar-refractivity contribution >= 4 is 17.3 Å². The molecule has 0 spiro atoms. The molecule has 110 valence electrons. The minimum Gasteiger partial charge on any atom is -0.497 e. The number of ether oxygens (including phenoxy) is 2. The van der Waals surface area contributed by atoms with Crippen molar-refractivity contribution in [3.63, 3.8) is 0 Å². The molecule has 5 heteroatoms. The molecule has 2 aromatic rings. The lowest BCUT2D eigenvalue weighted by atomic mass is 10.2. The summed E-state index contributed by atoms with van der Waals surface area (Å²) in [6.45, 7) is 1.82. The average molecular weight is 286 g/mol. The van der Waals surface area contributed by atoms with Crippen LogP contribution in [0.15, 0.2) is 42.5 Å². The van der Waals surface area contributed by atoms with E-state index in [0.29, 0.717) is 17.2 Å². The Morgan fingerprint density at radius 3 is 2.67 bits per heavy atom. The fourth-order valence-corrected chi connectivity index (χ4v) is 1.83. The van der Waals surface area contributed by atoms with Crippen molar-refractivity contribution in [2.75, 3.05) is 24.8 Å². The van der Waals surface area contributed by atoms with Crippen molar-refractivity contribution in [2.24, 2.45) is 0 Å². The number of methoxy groups -OCH3 is 1. The Labute approximate surface area is 123 Å². The van der Waals surface area contributed by atoms with Gasteiger partial charge in [-0.15, -0.1) is 0 Å². The van der Waals surface area contributed by atoms with Gasteiger partial charge in [-0.1, -0.05) is 18.2 Å². The fraction of sp³-hybridized carbons (Fsp3) is 0.188. The van der Waals surface area contributed by atoms with Crippen LogP contribution in [-0.2, 0) is 4.79 Å². The molecule has 2 aromatic carbocycles. The molecule has 0 aliphatic carbocycles. The van der Waals surface area contributed by atoms with Crippen molar-refractivity contribution in [2.45, 2.75) is 6.92 Å². The van der Waals surface area contributed by atoms with E-state index in [1.807, 2.05) is 31.2 Å². The number of carbonyl (C=O) groups excluding carboxylic acids is 1. The number of nitrogens with two attached hydrogens (primary N) is 1. The van der Waals surface area contributed by atoms with E-state index in [0.717, 1.165) is 11.3 Å². The first-order chi connectivity index (χ1) is 10.1. The van der Waals surface area contributed by atoms with Gasteiger partial charge in [-0.05, 0) is 30.7 Å². The highest BCUT2D eigenvalue weighted by Crippen LogP contribution is 2.26.